The van der Waals surface area contributed by atoms with E-state index in [4.69, 9.17) is 4.74 Å². The number of thiophene rings is 1. The molecule has 0 saturated carbocycles. The van der Waals surface area contributed by atoms with Crippen molar-refractivity contribution in [3.8, 4) is 0 Å². The van der Waals surface area contributed by atoms with Crippen molar-refractivity contribution in [1.82, 2.24) is 10.3 Å². The summed E-state index contributed by atoms with van der Waals surface area (Å²) in [6, 6.07) is 4.04. The molecule has 0 aromatic carbocycles. The monoisotopic (exact) mass is 296 g/mol. The molecule has 0 fully saturated rings. The summed E-state index contributed by atoms with van der Waals surface area (Å²) in [5.41, 5.74) is 0. The summed E-state index contributed by atoms with van der Waals surface area (Å²) in [5.74, 6) is -0.00129. The average Bonchev–Trinajstić information content (AvgIpc) is 3.08. The van der Waals surface area contributed by atoms with Gasteiger partial charge in [-0.25, -0.2) is 4.98 Å². The molecule has 2 aromatic heterocycles. The first kappa shape index (κ1) is 14.2. The molecule has 0 aliphatic heterocycles. The maximum Gasteiger partial charge on any atom is 0.222 e. The van der Waals surface area contributed by atoms with E-state index in [9.17, 15) is 4.79 Å². The summed E-state index contributed by atoms with van der Waals surface area (Å²) in [5, 5.41) is 7.94. The number of nitrogens with one attached hydrogen (secondary N) is 1. The number of methoxy groups -OCH3 is 1. The van der Waals surface area contributed by atoms with E-state index < -0.39 is 0 Å². The molecule has 0 spiro atoms. The number of thiazole rings is 1. The van der Waals surface area contributed by atoms with E-state index in [0.717, 1.165) is 11.4 Å². The topological polar surface area (TPSA) is 51.2 Å². The van der Waals surface area contributed by atoms with Gasteiger partial charge in [0, 0.05) is 36.4 Å². The summed E-state index contributed by atoms with van der Waals surface area (Å²) in [4.78, 5) is 17.4. The fourth-order valence-corrected chi connectivity index (χ4v) is 3.14. The number of amides is 1. The van der Waals surface area contributed by atoms with Crippen molar-refractivity contribution < 1.29 is 9.53 Å². The molecular weight excluding hydrogens is 280 g/mol. The van der Waals surface area contributed by atoms with Crippen molar-refractivity contribution in [2.75, 3.05) is 13.7 Å². The molecular formula is C13H16N2O2S2. The number of nitrogens with zero attached hydrogens (tertiary/aromatic N) is 1. The average molecular weight is 296 g/mol. The summed E-state index contributed by atoms with van der Waals surface area (Å²) in [7, 11) is 1.59. The van der Waals surface area contributed by atoms with Crippen molar-refractivity contribution >= 4 is 28.6 Å². The summed E-state index contributed by atoms with van der Waals surface area (Å²) >= 11 is 3.26. The van der Waals surface area contributed by atoms with Crippen LogP contribution >= 0.6 is 22.7 Å². The van der Waals surface area contributed by atoms with Gasteiger partial charge < -0.3 is 10.1 Å². The van der Waals surface area contributed by atoms with Gasteiger partial charge in [0.1, 0.15) is 5.01 Å². The van der Waals surface area contributed by atoms with E-state index in [-0.39, 0.29) is 11.9 Å². The fourth-order valence-electron chi connectivity index (χ4n) is 1.70. The lowest BCUT2D eigenvalue weighted by Crippen LogP contribution is -2.30. The number of hydrogen-bond acceptors (Lipinski definition) is 5. The standard InChI is InChI=1S/C13H16N2O2S2/c1-17-6-4-12(16)15-11(13-14-5-8-19-13)9-10-3-2-7-18-10/h2-3,5,7-8,11H,4,6,9H2,1H3,(H,15,16). The third kappa shape index (κ3) is 4.41. The van der Waals surface area contributed by atoms with E-state index >= 15 is 0 Å². The maximum atomic E-state index is 11.8. The van der Waals surface area contributed by atoms with Crippen LogP contribution < -0.4 is 5.32 Å². The van der Waals surface area contributed by atoms with Crippen molar-refractivity contribution in [3.63, 3.8) is 0 Å². The van der Waals surface area contributed by atoms with Crippen LogP contribution in [0.15, 0.2) is 29.1 Å². The molecule has 1 N–H and O–H groups in total. The van der Waals surface area contributed by atoms with Crippen LogP contribution in [0, 0.1) is 0 Å². The Bertz CT molecular complexity index is 483. The van der Waals surface area contributed by atoms with Crippen LogP contribution in [0.5, 0.6) is 0 Å². The second-order valence-electron chi connectivity index (χ2n) is 4.02. The lowest BCUT2D eigenvalue weighted by Gasteiger charge is -2.15. The zero-order valence-electron chi connectivity index (χ0n) is 10.7. The lowest BCUT2D eigenvalue weighted by atomic mass is 10.2. The first-order chi connectivity index (χ1) is 9.29. The first-order valence-corrected chi connectivity index (χ1v) is 7.75. The molecule has 2 rings (SSSR count). The Labute approximate surface area is 120 Å². The first-order valence-electron chi connectivity index (χ1n) is 5.99. The van der Waals surface area contributed by atoms with Gasteiger partial charge in [0.25, 0.3) is 0 Å². The molecule has 1 unspecified atom stereocenters. The highest BCUT2D eigenvalue weighted by Crippen LogP contribution is 2.23. The molecule has 19 heavy (non-hydrogen) atoms. The Morgan fingerprint density at radius 1 is 1.47 bits per heavy atom. The molecule has 6 heteroatoms. The van der Waals surface area contributed by atoms with Crippen molar-refractivity contribution in [3.05, 3.63) is 39.0 Å². The fraction of sp³-hybridized carbons (Fsp3) is 0.385. The van der Waals surface area contributed by atoms with E-state index in [2.05, 4.69) is 16.4 Å². The molecule has 4 nitrogen and oxygen atoms in total. The second-order valence-corrected chi connectivity index (χ2v) is 5.98. The zero-order valence-corrected chi connectivity index (χ0v) is 12.3. The number of carbonyl (C=O) groups is 1. The largest absolute Gasteiger partial charge is 0.384 e. The predicted molar refractivity (Wildman–Crippen MR) is 77.5 cm³/mol. The summed E-state index contributed by atoms with van der Waals surface area (Å²) in [6.07, 6.45) is 2.93. The van der Waals surface area contributed by atoms with Gasteiger partial charge in [-0.3, -0.25) is 4.79 Å². The summed E-state index contributed by atoms with van der Waals surface area (Å²) < 4.78 is 4.92. The van der Waals surface area contributed by atoms with Gasteiger partial charge >= 0.3 is 0 Å². The van der Waals surface area contributed by atoms with Crippen molar-refractivity contribution in [1.29, 1.82) is 0 Å². The van der Waals surface area contributed by atoms with Gasteiger partial charge in [-0.05, 0) is 11.4 Å². The molecule has 0 saturated heterocycles. The third-order valence-corrected chi connectivity index (χ3v) is 4.39. The highest BCUT2D eigenvalue weighted by molar-refractivity contribution is 7.10. The third-order valence-electron chi connectivity index (χ3n) is 2.60. The van der Waals surface area contributed by atoms with Crippen LogP contribution in [-0.4, -0.2) is 24.6 Å². The zero-order chi connectivity index (χ0) is 13.5. The number of rotatable bonds is 7. The van der Waals surface area contributed by atoms with Crippen LogP contribution in [0.3, 0.4) is 0 Å². The summed E-state index contributed by atoms with van der Waals surface area (Å²) in [6.45, 7) is 0.440. The molecule has 1 atom stereocenters. The van der Waals surface area contributed by atoms with E-state index in [1.54, 1.807) is 36.0 Å². The molecule has 0 aliphatic rings. The van der Waals surface area contributed by atoms with Crippen LogP contribution in [0.4, 0.5) is 0 Å². The van der Waals surface area contributed by atoms with E-state index in [1.165, 1.54) is 4.88 Å². The Morgan fingerprint density at radius 2 is 2.37 bits per heavy atom. The van der Waals surface area contributed by atoms with Crippen LogP contribution in [-0.2, 0) is 16.0 Å². The maximum absolute atomic E-state index is 11.8. The number of aromatic nitrogens is 1. The van der Waals surface area contributed by atoms with Gasteiger partial charge in [0.2, 0.25) is 5.91 Å². The van der Waals surface area contributed by atoms with Crippen molar-refractivity contribution in [2.45, 2.75) is 18.9 Å². The van der Waals surface area contributed by atoms with Gasteiger partial charge in [-0.1, -0.05) is 6.07 Å². The van der Waals surface area contributed by atoms with Crippen LogP contribution in [0.25, 0.3) is 0 Å². The second kappa shape index (κ2) is 7.37. The Balaban J connectivity index is 2.00. The van der Waals surface area contributed by atoms with Gasteiger partial charge in [0.15, 0.2) is 0 Å². The highest BCUT2D eigenvalue weighted by Gasteiger charge is 2.17. The van der Waals surface area contributed by atoms with Gasteiger partial charge in [0.05, 0.1) is 12.6 Å². The molecule has 2 heterocycles. The number of ether oxygens (including phenoxy) is 1. The minimum absolute atomic E-state index is 0.00129. The molecule has 102 valence electrons. The molecule has 0 radical (unpaired) electrons. The van der Waals surface area contributed by atoms with E-state index in [1.807, 2.05) is 16.8 Å². The van der Waals surface area contributed by atoms with Gasteiger partial charge in [-0.2, -0.15) is 0 Å². The van der Waals surface area contributed by atoms with E-state index in [0.29, 0.717) is 13.0 Å². The van der Waals surface area contributed by atoms with Crippen molar-refractivity contribution in [2.24, 2.45) is 0 Å². The molecule has 1 amide bonds. The Hall–Kier alpha value is -1.24. The highest BCUT2D eigenvalue weighted by atomic mass is 32.1. The quantitative estimate of drug-likeness (QED) is 0.854. The van der Waals surface area contributed by atoms with Gasteiger partial charge in [-0.15, -0.1) is 22.7 Å². The molecule has 0 bridgehead atoms. The minimum atomic E-state index is -0.0528. The number of hydrogen-bond donors (Lipinski definition) is 1. The normalized spacial score (nSPS) is 12.3. The van der Waals surface area contributed by atoms with Crippen LogP contribution in [0.1, 0.15) is 22.3 Å². The lowest BCUT2D eigenvalue weighted by molar-refractivity contribution is -0.122. The smallest absolute Gasteiger partial charge is 0.222 e. The Kier molecular flexibility index (Phi) is 5.50. The van der Waals surface area contributed by atoms with Crippen LogP contribution in [0.2, 0.25) is 0 Å². The Morgan fingerprint density at radius 3 is 3.00 bits per heavy atom. The minimum Gasteiger partial charge on any atom is -0.384 e. The SMILES string of the molecule is COCCC(=O)NC(Cc1cccs1)c1nccs1. The molecule has 0 aliphatic carbocycles. The molecule has 2 aromatic rings. The number of carbonyl (C=O) groups excluding carboxylic acids is 1. The predicted octanol–water partition coefficient (Wildman–Crippen LogP) is 2.64.